The van der Waals surface area contributed by atoms with Crippen LogP contribution in [0.25, 0.3) is 11.3 Å². The lowest BCUT2D eigenvalue weighted by molar-refractivity contribution is 0.251. The number of anilines is 1. The van der Waals surface area contributed by atoms with Crippen molar-refractivity contribution >= 4 is 12.0 Å². The third kappa shape index (κ3) is 3.58. The summed E-state index contributed by atoms with van der Waals surface area (Å²) in [5, 5.41) is 5.59. The molecule has 0 radical (unpaired) electrons. The maximum absolute atomic E-state index is 12.0. The number of imidazole rings is 1. The van der Waals surface area contributed by atoms with Gasteiger partial charge in [-0.05, 0) is 11.1 Å². The highest BCUT2D eigenvalue weighted by Crippen LogP contribution is 2.21. The fourth-order valence-electron chi connectivity index (χ4n) is 2.33. The van der Waals surface area contributed by atoms with Gasteiger partial charge in [0.05, 0.1) is 11.9 Å². The zero-order valence-corrected chi connectivity index (χ0v) is 12.9. The molecule has 3 rings (SSSR count). The van der Waals surface area contributed by atoms with E-state index in [4.69, 9.17) is 0 Å². The SMILES string of the molecule is Cn1c(-c2ccccc2)cnc1NC(=O)NCc1ccccc1. The summed E-state index contributed by atoms with van der Waals surface area (Å²) in [5.41, 5.74) is 3.05. The van der Waals surface area contributed by atoms with Crippen LogP contribution in [0.2, 0.25) is 0 Å². The van der Waals surface area contributed by atoms with Crippen LogP contribution in [0.3, 0.4) is 0 Å². The van der Waals surface area contributed by atoms with Crippen LogP contribution >= 0.6 is 0 Å². The summed E-state index contributed by atoms with van der Waals surface area (Å²) < 4.78 is 1.86. The molecule has 5 heteroatoms. The highest BCUT2D eigenvalue weighted by Gasteiger charge is 2.10. The van der Waals surface area contributed by atoms with Gasteiger partial charge in [-0.3, -0.25) is 5.32 Å². The Balaban J connectivity index is 1.64. The molecule has 0 atom stereocenters. The Labute approximate surface area is 135 Å². The van der Waals surface area contributed by atoms with Crippen LogP contribution < -0.4 is 10.6 Å². The predicted octanol–water partition coefficient (Wildman–Crippen LogP) is 3.41. The smallest absolute Gasteiger partial charge is 0.321 e. The zero-order chi connectivity index (χ0) is 16.1. The normalized spacial score (nSPS) is 10.3. The molecule has 2 N–H and O–H groups in total. The summed E-state index contributed by atoms with van der Waals surface area (Å²) in [6, 6.07) is 19.4. The van der Waals surface area contributed by atoms with Crippen molar-refractivity contribution in [3.8, 4) is 11.3 Å². The Morgan fingerprint density at radius 2 is 1.70 bits per heavy atom. The predicted molar refractivity (Wildman–Crippen MR) is 90.9 cm³/mol. The van der Waals surface area contributed by atoms with Gasteiger partial charge in [-0.25, -0.2) is 9.78 Å². The number of hydrogen-bond acceptors (Lipinski definition) is 2. The summed E-state index contributed by atoms with van der Waals surface area (Å²) in [6.07, 6.45) is 1.75. The van der Waals surface area contributed by atoms with Crippen molar-refractivity contribution in [2.45, 2.75) is 6.54 Å². The largest absolute Gasteiger partial charge is 0.334 e. The van der Waals surface area contributed by atoms with Gasteiger partial charge < -0.3 is 9.88 Å². The molecule has 1 aromatic heterocycles. The number of aromatic nitrogens is 2. The first-order valence-corrected chi connectivity index (χ1v) is 7.40. The minimum Gasteiger partial charge on any atom is -0.334 e. The number of carbonyl (C=O) groups is 1. The molecule has 0 aliphatic rings. The van der Waals surface area contributed by atoms with Gasteiger partial charge in [0, 0.05) is 13.6 Å². The van der Waals surface area contributed by atoms with Crippen LogP contribution in [-0.2, 0) is 13.6 Å². The van der Waals surface area contributed by atoms with Crippen molar-refractivity contribution in [1.29, 1.82) is 0 Å². The van der Waals surface area contributed by atoms with Crippen molar-refractivity contribution in [3.63, 3.8) is 0 Å². The molecular weight excluding hydrogens is 288 g/mol. The van der Waals surface area contributed by atoms with E-state index in [0.29, 0.717) is 12.5 Å². The van der Waals surface area contributed by atoms with E-state index in [9.17, 15) is 4.79 Å². The van der Waals surface area contributed by atoms with Gasteiger partial charge >= 0.3 is 6.03 Å². The maximum atomic E-state index is 12.0. The lowest BCUT2D eigenvalue weighted by Crippen LogP contribution is -2.29. The van der Waals surface area contributed by atoms with E-state index in [1.165, 1.54) is 0 Å². The zero-order valence-electron chi connectivity index (χ0n) is 12.9. The molecule has 0 fully saturated rings. The van der Waals surface area contributed by atoms with E-state index in [1.807, 2.05) is 72.3 Å². The van der Waals surface area contributed by atoms with E-state index < -0.39 is 0 Å². The van der Waals surface area contributed by atoms with Gasteiger partial charge in [0.1, 0.15) is 0 Å². The van der Waals surface area contributed by atoms with Gasteiger partial charge in [-0.1, -0.05) is 60.7 Å². The summed E-state index contributed by atoms with van der Waals surface area (Å²) in [7, 11) is 1.88. The lowest BCUT2D eigenvalue weighted by atomic mass is 10.2. The fourth-order valence-corrected chi connectivity index (χ4v) is 2.33. The van der Waals surface area contributed by atoms with Crippen LogP contribution in [0.1, 0.15) is 5.56 Å². The average molecular weight is 306 g/mol. The number of rotatable bonds is 4. The molecule has 23 heavy (non-hydrogen) atoms. The Hall–Kier alpha value is -3.08. The van der Waals surface area contributed by atoms with E-state index in [0.717, 1.165) is 16.8 Å². The molecule has 0 saturated heterocycles. The van der Waals surface area contributed by atoms with E-state index >= 15 is 0 Å². The number of benzene rings is 2. The molecular formula is C18H18N4O. The van der Waals surface area contributed by atoms with Crippen LogP contribution in [0.15, 0.2) is 66.9 Å². The van der Waals surface area contributed by atoms with Crippen LogP contribution in [0, 0.1) is 0 Å². The monoisotopic (exact) mass is 306 g/mol. The molecule has 3 aromatic rings. The second-order valence-corrected chi connectivity index (χ2v) is 5.19. The fraction of sp³-hybridized carbons (Fsp3) is 0.111. The molecule has 2 amide bonds. The molecule has 0 aliphatic heterocycles. The van der Waals surface area contributed by atoms with Crippen molar-refractivity contribution in [1.82, 2.24) is 14.9 Å². The third-order valence-corrected chi connectivity index (χ3v) is 3.58. The molecule has 0 aliphatic carbocycles. The molecule has 1 heterocycles. The van der Waals surface area contributed by atoms with Crippen molar-refractivity contribution in [2.75, 3.05) is 5.32 Å². The second-order valence-electron chi connectivity index (χ2n) is 5.19. The van der Waals surface area contributed by atoms with Crippen LogP contribution in [0.4, 0.5) is 10.7 Å². The van der Waals surface area contributed by atoms with E-state index in [1.54, 1.807) is 6.20 Å². The number of urea groups is 1. The highest BCUT2D eigenvalue weighted by molar-refractivity contribution is 5.87. The van der Waals surface area contributed by atoms with Gasteiger partial charge in [0.15, 0.2) is 0 Å². The Kier molecular flexibility index (Phi) is 4.38. The number of nitrogens with one attached hydrogen (secondary N) is 2. The van der Waals surface area contributed by atoms with Crippen molar-refractivity contribution in [2.24, 2.45) is 7.05 Å². The quantitative estimate of drug-likeness (QED) is 0.776. The maximum Gasteiger partial charge on any atom is 0.321 e. The minimum atomic E-state index is -0.276. The average Bonchev–Trinajstić information content (AvgIpc) is 2.95. The number of amides is 2. The molecule has 0 bridgehead atoms. The Morgan fingerprint density at radius 1 is 1.04 bits per heavy atom. The molecule has 2 aromatic carbocycles. The van der Waals surface area contributed by atoms with Crippen molar-refractivity contribution < 1.29 is 4.79 Å². The topological polar surface area (TPSA) is 59.0 Å². The highest BCUT2D eigenvalue weighted by atomic mass is 16.2. The summed E-state index contributed by atoms with van der Waals surface area (Å²) in [6.45, 7) is 0.475. The number of hydrogen-bond donors (Lipinski definition) is 2. The minimum absolute atomic E-state index is 0.276. The summed E-state index contributed by atoms with van der Waals surface area (Å²) in [5.74, 6) is 0.509. The summed E-state index contributed by atoms with van der Waals surface area (Å²) in [4.78, 5) is 16.3. The Bertz CT molecular complexity index is 781. The second kappa shape index (κ2) is 6.79. The van der Waals surface area contributed by atoms with Gasteiger partial charge in [0.2, 0.25) is 5.95 Å². The van der Waals surface area contributed by atoms with Gasteiger partial charge in [0.25, 0.3) is 0 Å². The van der Waals surface area contributed by atoms with Crippen LogP contribution in [0.5, 0.6) is 0 Å². The first-order valence-electron chi connectivity index (χ1n) is 7.40. The first-order chi connectivity index (χ1) is 11.2. The van der Waals surface area contributed by atoms with Gasteiger partial charge in [-0.15, -0.1) is 0 Å². The van der Waals surface area contributed by atoms with Crippen molar-refractivity contribution in [3.05, 3.63) is 72.4 Å². The lowest BCUT2D eigenvalue weighted by Gasteiger charge is -2.09. The van der Waals surface area contributed by atoms with E-state index in [-0.39, 0.29) is 6.03 Å². The summed E-state index contributed by atoms with van der Waals surface area (Å²) >= 11 is 0. The van der Waals surface area contributed by atoms with Gasteiger partial charge in [-0.2, -0.15) is 0 Å². The molecule has 5 nitrogen and oxygen atoms in total. The number of carbonyl (C=O) groups excluding carboxylic acids is 1. The Morgan fingerprint density at radius 3 is 2.39 bits per heavy atom. The van der Waals surface area contributed by atoms with Crippen LogP contribution in [-0.4, -0.2) is 15.6 Å². The standard InChI is InChI=1S/C18H18N4O/c1-22-16(15-10-6-3-7-11-15)13-19-17(22)21-18(23)20-12-14-8-4-2-5-9-14/h2-11,13H,12H2,1H3,(H2,19,20,21,23). The van der Waals surface area contributed by atoms with E-state index in [2.05, 4.69) is 15.6 Å². The molecule has 0 spiro atoms. The number of nitrogens with zero attached hydrogens (tertiary/aromatic N) is 2. The molecule has 0 unspecified atom stereocenters. The first kappa shape index (κ1) is 14.8. The molecule has 0 saturated carbocycles. The molecule has 116 valence electrons. The third-order valence-electron chi connectivity index (χ3n) is 3.58.